The van der Waals surface area contributed by atoms with Crippen molar-refractivity contribution in [3.63, 3.8) is 0 Å². The largest absolute Gasteiger partial charge is 0.295 e. The predicted molar refractivity (Wildman–Crippen MR) is 182 cm³/mol. The van der Waals surface area contributed by atoms with Crippen molar-refractivity contribution in [2.75, 3.05) is 4.90 Å². The summed E-state index contributed by atoms with van der Waals surface area (Å²) in [5.74, 6) is 0.886. The van der Waals surface area contributed by atoms with Crippen molar-refractivity contribution in [3.05, 3.63) is 170 Å². The van der Waals surface area contributed by atoms with Gasteiger partial charge in [0.05, 0.1) is 0 Å². The van der Waals surface area contributed by atoms with Crippen LogP contribution in [-0.4, -0.2) is 4.98 Å². The third-order valence-corrected chi connectivity index (χ3v) is 8.30. The average Bonchev–Trinajstić information content (AvgIpc) is 3.08. The molecular weight excluding hydrogens is 520 g/mol. The van der Waals surface area contributed by atoms with Crippen LogP contribution in [0.2, 0.25) is 0 Å². The maximum atomic E-state index is 4.68. The number of benzene rings is 7. The van der Waals surface area contributed by atoms with Crippen LogP contribution in [0, 0.1) is 0 Å². The third kappa shape index (κ3) is 4.32. The van der Waals surface area contributed by atoms with Crippen LogP contribution in [0.25, 0.3) is 54.6 Å². The highest BCUT2D eigenvalue weighted by molar-refractivity contribution is 6.23. The van der Waals surface area contributed by atoms with Crippen LogP contribution >= 0.6 is 0 Å². The Kier molecular flexibility index (Phi) is 6.16. The van der Waals surface area contributed by atoms with Gasteiger partial charge in [-0.2, -0.15) is 0 Å². The molecule has 2 heteroatoms. The molecule has 0 saturated heterocycles. The highest BCUT2D eigenvalue weighted by Gasteiger charge is 2.19. The monoisotopic (exact) mass is 548 g/mol. The van der Waals surface area contributed by atoms with E-state index in [0.717, 1.165) is 17.2 Å². The number of hydrogen-bond donors (Lipinski definition) is 0. The van der Waals surface area contributed by atoms with E-state index in [9.17, 15) is 0 Å². The fourth-order valence-electron chi connectivity index (χ4n) is 6.43. The molecule has 0 fully saturated rings. The molecule has 43 heavy (non-hydrogen) atoms. The normalized spacial score (nSPS) is 11.3. The highest BCUT2D eigenvalue weighted by atomic mass is 15.2. The summed E-state index contributed by atoms with van der Waals surface area (Å²) in [4.78, 5) is 6.88. The fourth-order valence-corrected chi connectivity index (χ4v) is 6.43. The number of rotatable bonds is 5. The van der Waals surface area contributed by atoms with Gasteiger partial charge in [-0.25, -0.2) is 4.98 Å². The van der Waals surface area contributed by atoms with Crippen LogP contribution in [-0.2, 0) is 0 Å². The van der Waals surface area contributed by atoms with Crippen LogP contribution in [0.15, 0.2) is 170 Å². The van der Waals surface area contributed by atoms with E-state index in [1.54, 1.807) is 0 Å². The fraction of sp³-hybridized carbons (Fsp3) is 0. The van der Waals surface area contributed by atoms with Gasteiger partial charge in [0.1, 0.15) is 5.82 Å². The van der Waals surface area contributed by atoms with Crippen molar-refractivity contribution in [3.8, 4) is 22.3 Å². The van der Waals surface area contributed by atoms with Crippen LogP contribution in [0.3, 0.4) is 0 Å². The Labute approximate surface area is 251 Å². The van der Waals surface area contributed by atoms with Crippen molar-refractivity contribution >= 4 is 49.5 Å². The van der Waals surface area contributed by atoms with E-state index in [1.165, 1.54) is 54.6 Å². The van der Waals surface area contributed by atoms with E-state index >= 15 is 0 Å². The molecule has 0 N–H and O–H groups in total. The maximum absolute atomic E-state index is 4.68. The van der Waals surface area contributed by atoms with Crippen molar-refractivity contribution in [1.82, 2.24) is 4.98 Å². The first-order valence-corrected chi connectivity index (χ1v) is 14.6. The second-order valence-electron chi connectivity index (χ2n) is 10.8. The van der Waals surface area contributed by atoms with Crippen LogP contribution < -0.4 is 4.90 Å². The van der Waals surface area contributed by atoms with Gasteiger partial charge in [-0.15, -0.1) is 0 Å². The highest BCUT2D eigenvalue weighted by Crippen LogP contribution is 2.45. The molecule has 0 amide bonds. The topological polar surface area (TPSA) is 16.1 Å². The Hall–Kier alpha value is -5.73. The Morgan fingerprint density at radius 1 is 0.372 bits per heavy atom. The minimum atomic E-state index is 0.886. The number of para-hydroxylation sites is 1. The first-order valence-electron chi connectivity index (χ1n) is 14.6. The summed E-state index contributed by atoms with van der Waals surface area (Å²) in [5.41, 5.74) is 7.13. The molecule has 2 nitrogen and oxygen atoms in total. The Morgan fingerprint density at radius 2 is 0.907 bits per heavy atom. The molecule has 8 rings (SSSR count). The lowest BCUT2D eigenvalue weighted by Crippen LogP contribution is -2.11. The minimum Gasteiger partial charge on any atom is -0.295 e. The molecule has 0 bridgehead atoms. The number of pyridine rings is 1. The molecule has 0 radical (unpaired) electrons. The first kappa shape index (κ1) is 25.0. The lowest BCUT2D eigenvalue weighted by Gasteiger charge is -2.24. The zero-order valence-corrected chi connectivity index (χ0v) is 23.6. The van der Waals surface area contributed by atoms with Crippen molar-refractivity contribution in [1.29, 1.82) is 0 Å². The van der Waals surface area contributed by atoms with Crippen molar-refractivity contribution in [2.24, 2.45) is 0 Å². The molecule has 0 aliphatic heterocycles. The van der Waals surface area contributed by atoms with E-state index < -0.39 is 0 Å². The third-order valence-electron chi connectivity index (χ3n) is 8.30. The average molecular weight is 549 g/mol. The number of anilines is 3. The zero-order chi connectivity index (χ0) is 28.6. The molecule has 8 aromatic rings. The van der Waals surface area contributed by atoms with Gasteiger partial charge in [0.15, 0.2) is 0 Å². The lowest BCUT2D eigenvalue weighted by molar-refractivity contribution is 1.18. The lowest BCUT2D eigenvalue weighted by atomic mass is 9.85. The summed E-state index contributed by atoms with van der Waals surface area (Å²) in [5, 5.41) is 7.55. The summed E-state index contributed by atoms with van der Waals surface area (Å²) >= 11 is 0. The Morgan fingerprint density at radius 3 is 1.56 bits per heavy atom. The summed E-state index contributed by atoms with van der Waals surface area (Å²) in [6.07, 6.45) is 1.84. The standard InChI is InChI=1S/C41H28N2/c1-2-15-31(16-3-1)43(39-23-10-11-28-42-39)32-26-24-30(25-27-32)40-35-18-6-8-20-37(35)41(38-21-9-7-19-36(38)40)34-22-12-14-29-13-4-5-17-33(29)34/h1-28H. The van der Waals surface area contributed by atoms with Crippen molar-refractivity contribution < 1.29 is 0 Å². The molecular formula is C41H28N2. The summed E-state index contributed by atoms with van der Waals surface area (Å²) in [6, 6.07) is 58.4. The van der Waals surface area contributed by atoms with Gasteiger partial charge < -0.3 is 0 Å². The molecule has 0 unspecified atom stereocenters. The van der Waals surface area contributed by atoms with Crippen molar-refractivity contribution in [2.45, 2.75) is 0 Å². The molecule has 7 aromatic carbocycles. The molecule has 202 valence electrons. The summed E-state index contributed by atoms with van der Waals surface area (Å²) in [7, 11) is 0. The first-order chi connectivity index (χ1) is 21.4. The Balaban J connectivity index is 1.35. The molecule has 0 spiro atoms. The number of fused-ring (bicyclic) bond motifs is 3. The van der Waals surface area contributed by atoms with Gasteiger partial charge in [0, 0.05) is 17.6 Å². The molecule has 0 aliphatic rings. The smallest absolute Gasteiger partial charge is 0.137 e. The number of nitrogens with zero attached hydrogens (tertiary/aromatic N) is 2. The molecule has 1 heterocycles. The predicted octanol–water partition coefficient (Wildman–Crippen LogP) is 11.3. The number of hydrogen-bond acceptors (Lipinski definition) is 2. The second kappa shape index (κ2) is 10.6. The quantitative estimate of drug-likeness (QED) is 0.199. The second-order valence-corrected chi connectivity index (χ2v) is 10.8. The molecule has 0 saturated carbocycles. The van der Waals surface area contributed by atoms with Gasteiger partial charge in [-0.05, 0) is 91.0 Å². The van der Waals surface area contributed by atoms with Crippen LogP contribution in [0.1, 0.15) is 0 Å². The van der Waals surface area contributed by atoms with Gasteiger partial charge in [-0.1, -0.05) is 127 Å². The molecule has 0 aliphatic carbocycles. The zero-order valence-electron chi connectivity index (χ0n) is 23.6. The van der Waals surface area contributed by atoms with Gasteiger partial charge in [-0.3, -0.25) is 4.90 Å². The van der Waals surface area contributed by atoms with E-state index in [4.69, 9.17) is 0 Å². The number of aromatic nitrogens is 1. The van der Waals surface area contributed by atoms with Crippen LogP contribution in [0.5, 0.6) is 0 Å². The van der Waals surface area contributed by atoms with Gasteiger partial charge in [0.25, 0.3) is 0 Å². The van der Waals surface area contributed by atoms with E-state index in [2.05, 4.69) is 149 Å². The molecule has 1 aromatic heterocycles. The van der Waals surface area contributed by atoms with Gasteiger partial charge in [0.2, 0.25) is 0 Å². The minimum absolute atomic E-state index is 0.886. The van der Waals surface area contributed by atoms with E-state index in [0.29, 0.717) is 0 Å². The Bertz CT molecular complexity index is 2120. The van der Waals surface area contributed by atoms with Gasteiger partial charge >= 0.3 is 0 Å². The SMILES string of the molecule is c1ccc(N(c2ccc(-c3c4ccccc4c(-c4cccc5ccccc45)c4ccccc34)cc2)c2ccccn2)cc1. The summed E-state index contributed by atoms with van der Waals surface area (Å²) in [6.45, 7) is 0. The summed E-state index contributed by atoms with van der Waals surface area (Å²) < 4.78 is 0. The van der Waals surface area contributed by atoms with E-state index in [1.807, 2.05) is 30.5 Å². The van der Waals surface area contributed by atoms with Crippen LogP contribution in [0.4, 0.5) is 17.2 Å². The maximum Gasteiger partial charge on any atom is 0.137 e. The molecule has 0 atom stereocenters. The van der Waals surface area contributed by atoms with E-state index in [-0.39, 0.29) is 0 Å².